The van der Waals surface area contributed by atoms with Crippen LogP contribution in [0.1, 0.15) is 10.5 Å². The monoisotopic (exact) mass is 259 g/mol. The second-order valence-corrected chi connectivity index (χ2v) is 3.87. The van der Waals surface area contributed by atoms with Crippen molar-refractivity contribution in [2.24, 2.45) is 0 Å². The smallest absolute Gasteiger partial charge is 0.355 e. The van der Waals surface area contributed by atoms with Crippen molar-refractivity contribution in [2.75, 3.05) is 7.11 Å². The third-order valence-corrected chi connectivity index (χ3v) is 2.83. The molecule has 0 spiro atoms. The number of aromatic nitrogens is 1. The molecule has 0 saturated heterocycles. The fourth-order valence-electron chi connectivity index (χ4n) is 2.01. The van der Waals surface area contributed by atoms with Crippen molar-refractivity contribution < 1.29 is 18.4 Å². The van der Waals surface area contributed by atoms with Gasteiger partial charge in [0.05, 0.1) is 25.9 Å². The molecule has 6 nitrogen and oxygen atoms in total. The predicted molar refractivity (Wildman–Crippen MR) is 65.9 cm³/mol. The van der Waals surface area contributed by atoms with Gasteiger partial charge in [-0.3, -0.25) is 4.79 Å². The quantitative estimate of drug-likeness (QED) is 0.713. The molecular weight excluding hydrogens is 250 g/mol. The van der Waals surface area contributed by atoms with Crippen LogP contribution in [-0.4, -0.2) is 18.1 Å². The highest BCUT2D eigenvalue weighted by Gasteiger charge is 2.21. The van der Waals surface area contributed by atoms with Crippen LogP contribution in [0.4, 0.5) is 0 Å². The number of carbonyl (C=O) groups excluding carboxylic acids is 1. The minimum atomic E-state index is -0.628. The van der Waals surface area contributed by atoms with Crippen molar-refractivity contribution in [3.63, 3.8) is 0 Å². The van der Waals surface area contributed by atoms with Gasteiger partial charge < -0.3 is 18.6 Å². The maximum atomic E-state index is 11.8. The van der Waals surface area contributed by atoms with Crippen molar-refractivity contribution in [3.05, 3.63) is 47.0 Å². The second-order valence-electron chi connectivity index (χ2n) is 3.87. The number of methoxy groups -OCH3 is 1. The van der Waals surface area contributed by atoms with Crippen LogP contribution in [0.2, 0.25) is 0 Å². The number of hydrogen-bond donors (Lipinski definition) is 1. The first-order valence-corrected chi connectivity index (χ1v) is 5.46. The number of fused-ring (bicyclic) bond motifs is 1. The molecule has 0 amide bonds. The molecule has 1 N–H and O–H groups in total. The molecular formula is C13H9NO5. The van der Waals surface area contributed by atoms with Crippen molar-refractivity contribution >= 4 is 16.9 Å². The Hall–Kier alpha value is -2.76. The molecule has 6 heteroatoms. The van der Waals surface area contributed by atoms with E-state index in [1.54, 1.807) is 12.1 Å². The van der Waals surface area contributed by atoms with Crippen molar-refractivity contribution in [3.8, 4) is 11.1 Å². The number of H-pyrrole nitrogens is 1. The van der Waals surface area contributed by atoms with E-state index in [1.165, 1.54) is 25.9 Å². The van der Waals surface area contributed by atoms with Crippen LogP contribution in [0.5, 0.6) is 0 Å². The summed E-state index contributed by atoms with van der Waals surface area (Å²) in [5, 5.41) is 0.533. The summed E-state index contributed by atoms with van der Waals surface area (Å²) in [5.41, 5.74) is 0.922. The number of nitrogens with one attached hydrogen (secondary N) is 1. The van der Waals surface area contributed by atoms with Crippen molar-refractivity contribution in [1.29, 1.82) is 0 Å². The molecule has 0 aromatic carbocycles. The van der Waals surface area contributed by atoms with Gasteiger partial charge >= 0.3 is 5.97 Å². The van der Waals surface area contributed by atoms with E-state index in [1.807, 2.05) is 0 Å². The van der Waals surface area contributed by atoms with Crippen LogP contribution >= 0.6 is 0 Å². The maximum absolute atomic E-state index is 11.8. The predicted octanol–water partition coefficient (Wildman–Crippen LogP) is 2.17. The maximum Gasteiger partial charge on any atom is 0.355 e. The molecule has 0 unspecified atom stereocenters. The van der Waals surface area contributed by atoms with E-state index in [0.29, 0.717) is 16.5 Å². The summed E-state index contributed by atoms with van der Waals surface area (Å²) >= 11 is 0. The Morgan fingerprint density at radius 2 is 2.16 bits per heavy atom. The molecule has 3 aromatic rings. The number of pyridine rings is 1. The average molecular weight is 259 g/mol. The Balaban J connectivity index is 2.44. The van der Waals surface area contributed by atoms with Crippen LogP contribution in [-0.2, 0) is 4.74 Å². The Morgan fingerprint density at radius 3 is 2.84 bits per heavy atom. The molecule has 0 aliphatic carbocycles. The highest BCUT2D eigenvalue weighted by Crippen LogP contribution is 2.30. The lowest BCUT2D eigenvalue weighted by Crippen LogP contribution is -2.15. The third kappa shape index (κ3) is 1.65. The zero-order chi connectivity index (χ0) is 13.4. The summed E-state index contributed by atoms with van der Waals surface area (Å²) in [6, 6.07) is 3.31. The standard InChI is InChI=1S/C13H9NO5/c1-17-13(16)10-9(7-2-4-18-6-7)8-3-5-19-11(8)12(15)14-10/h2-6H,1H3,(H,14,15). The van der Waals surface area contributed by atoms with Gasteiger partial charge in [0.15, 0.2) is 5.58 Å². The first kappa shape index (κ1) is 11.3. The molecule has 0 bridgehead atoms. The Bertz CT molecular complexity index is 794. The fourth-order valence-corrected chi connectivity index (χ4v) is 2.01. The van der Waals surface area contributed by atoms with Crippen LogP contribution in [0.15, 0.2) is 44.6 Å². The minimum absolute atomic E-state index is 0.0720. The average Bonchev–Trinajstić information content (AvgIpc) is 3.08. The number of rotatable bonds is 2. The van der Waals surface area contributed by atoms with Gasteiger partial charge in [-0.2, -0.15) is 0 Å². The molecule has 3 heterocycles. The van der Waals surface area contributed by atoms with E-state index >= 15 is 0 Å². The van der Waals surface area contributed by atoms with Crippen LogP contribution in [0, 0.1) is 0 Å². The van der Waals surface area contributed by atoms with Crippen LogP contribution < -0.4 is 5.56 Å². The number of ether oxygens (including phenoxy) is 1. The largest absolute Gasteiger partial charge is 0.472 e. The first-order chi connectivity index (χ1) is 9.22. The van der Waals surface area contributed by atoms with E-state index < -0.39 is 11.5 Å². The lowest BCUT2D eigenvalue weighted by atomic mass is 10.0. The Labute approximate surface area is 106 Å². The van der Waals surface area contributed by atoms with E-state index in [9.17, 15) is 9.59 Å². The van der Waals surface area contributed by atoms with Gasteiger partial charge in [0, 0.05) is 16.5 Å². The minimum Gasteiger partial charge on any atom is -0.472 e. The molecule has 19 heavy (non-hydrogen) atoms. The van der Waals surface area contributed by atoms with Gasteiger partial charge in [0.2, 0.25) is 0 Å². The number of esters is 1. The van der Waals surface area contributed by atoms with Gasteiger partial charge in [-0.15, -0.1) is 0 Å². The molecule has 96 valence electrons. The molecule has 0 radical (unpaired) electrons. The summed E-state index contributed by atoms with van der Waals surface area (Å²) in [6.45, 7) is 0. The van der Waals surface area contributed by atoms with Crippen molar-refractivity contribution in [1.82, 2.24) is 4.98 Å². The number of aromatic amines is 1. The van der Waals surface area contributed by atoms with E-state index in [0.717, 1.165) is 0 Å². The summed E-state index contributed by atoms with van der Waals surface area (Å²) in [4.78, 5) is 26.1. The lowest BCUT2D eigenvalue weighted by molar-refractivity contribution is 0.0595. The third-order valence-electron chi connectivity index (χ3n) is 2.83. The SMILES string of the molecule is COC(=O)c1[nH]c(=O)c2occc2c1-c1ccoc1. The molecule has 0 fully saturated rings. The Morgan fingerprint density at radius 1 is 1.32 bits per heavy atom. The number of hydrogen-bond acceptors (Lipinski definition) is 5. The Kier molecular flexibility index (Phi) is 2.49. The summed E-state index contributed by atoms with van der Waals surface area (Å²) in [5.74, 6) is -0.628. The van der Waals surface area contributed by atoms with E-state index in [2.05, 4.69) is 9.72 Å². The zero-order valence-electron chi connectivity index (χ0n) is 9.93. The van der Waals surface area contributed by atoms with Crippen LogP contribution in [0.3, 0.4) is 0 Å². The molecule has 3 rings (SSSR count). The van der Waals surface area contributed by atoms with Gasteiger partial charge in [-0.1, -0.05) is 0 Å². The number of furan rings is 2. The summed E-state index contributed by atoms with van der Waals surface area (Å²) in [6.07, 6.45) is 4.35. The summed E-state index contributed by atoms with van der Waals surface area (Å²) < 4.78 is 14.8. The first-order valence-electron chi connectivity index (χ1n) is 5.46. The molecule has 0 aliphatic heterocycles. The highest BCUT2D eigenvalue weighted by molar-refractivity contribution is 6.04. The van der Waals surface area contributed by atoms with Gasteiger partial charge in [0.1, 0.15) is 5.69 Å². The van der Waals surface area contributed by atoms with Crippen LogP contribution in [0.25, 0.3) is 22.1 Å². The molecule has 0 aliphatic rings. The second kappa shape index (κ2) is 4.16. The zero-order valence-corrected chi connectivity index (χ0v) is 9.93. The molecule has 0 saturated carbocycles. The molecule has 3 aromatic heterocycles. The highest BCUT2D eigenvalue weighted by atomic mass is 16.5. The lowest BCUT2D eigenvalue weighted by Gasteiger charge is -2.06. The number of carbonyl (C=O) groups is 1. The molecule has 0 atom stereocenters. The van der Waals surface area contributed by atoms with E-state index in [4.69, 9.17) is 8.83 Å². The normalized spacial score (nSPS) is 10.8. The van der Waals surface area contributed by atoms with Gasteiger partial charge in [0.25, 0.3) is 5.56 Å². The summed E-state index contributed by atoms with van der Waals surface area (Å²) in [7, 11) is 1.25. The van der Waals surface area contributed by atoms with Gasteiger partial charge in [-0.25, -0.2) is 4.79 Å². The van der Waals surface area contributed by atoms with E-state index in [-0.39, 0.29) is 11.3 Å². The topological polar surface area (TPSA) is 85.4 Å². The fraction of sp³-hybridized carbons (Fsp3) is 0.0769. The van der Waals surface area contributed by atoms with Gasteiger partial charge in [-0.05, 0) is 12.1 Å². The van der Waals surface area contributed by atoms with Crippen molar-refractivity contribution in [2.45, 2.75) is 0 Å².